The maximum absolute atomic E-state index is 3.35. The second-order valence-electron chi connectivity index (χ2n) is 4.24. The van der Waals surface area contributed by atoms with E-state index in [0.717, 1.165) is 13.1 Å². The molecule has 1 rings (SSSR count). The summed E-state index contributed by atoms with van der Waals surface area (Å²) in [6.07, 6.45) is 1.30. The van der Waals surface area contributed by atoms with Crippen LogP contribution < -0.4 is 5.43 Å². The first kappa shape index (κ1) is 8.02. The summed E-state index contributed by atoms with van der Waals surface area (Å²) in [5.74, 6) is 0. The van der Waals surface area contributed by atoms with E-state index >= 15 is 0 Å². The van der Waals surface area contributed by atoms with Crippen molar-refractivity contribution < 1.29 is 0 Å². The molecule has 1 aliphatic heterocycles. The molecule has 10 heavy (non-hydrogen) atoms. The van der Waals surface area contributed by atoms with Gasteiger partial charge in [0.15, 0.2) is 0 Å². The van der Waals surface area contributed by atoms with Crippen LogP contribution in [0, 0.1) is 5.41 Å². The highest BCUT2D eigenvalue weighted by Crippen LogP contribution is 2.15. The molecule has 0 aromatic heterocycles. The van der Waals surface area contributed by atoms with Crippen molar-refractivity contribution in [2.75, 3.05) is 19.6 Å². The van der Waals surface area contributed by atoms with E-state index in [9.17, 15) is 0 Å². The van der Waals surface area contributed by atoms with Crippen molar-refractivity contribution in [1.29, 1.82) is 0 Å². The molecule has 0 atom stereocenters. The van der Waals surface area contributed by atoms with Gasteiger partial charge in [-0.15, -0.1) is 0 Å². The Morgan fingerprint density at radius 2 is 2.10 bits per heavy atom. The highest BCUT2D eigenvalue weighted by Gasteiger charge is 2.18. The molecule has 0 bridgehead atoms. The molecule has 1 N–H and O–H groups in total. The zero-order chi connectivity index (χ0) is 7.61. The van der Waals surface area contributed by atoms with Crippen molar-refractivity contribution in [3.8, 4) is 0 Å². The second-order valence-corrected chi connectivity index (χ2v) is 4.24. The predicted octanol–water partition coefficient (Wildman–Crippen LogP) is 1.24. The van der Waals surface area contributed by atoms with E-state index in [1.807, 2.05) is 0 Å². The average molecular weight is 142 g/mol. The monoisotopic (exact) mass is 142 g/mol. The molecule has 0 unspecified atom stereocenters. The quantitative estimate of drug-likeness (QED) is 0.592. The SMILES string of the molecule is CC(C)(C)CN1CCCN1. The van der Waals surface area contributed by atoms with Gasteiger partial charge in [0.1, 0.15) is 0 Å². The van der Waals surface area contributed by atoms with E-state index in [2.05, 4.69) is 31.2 Å². The maximum atomic E-state index is 3.35. The Labute approximate surface area is 63.6 Å². The third-order valence-corrected chi connectivity index (χ3v) is 1.61. The van der Waals surface area contributed by atoms with E-state index in [0.29, 0.717) is 5.41 Å². The normalized spacial score (nSPS) is 21.9. The fourth-order valence-corrected chi connectivity index (χ4v) is 1.29. The van der Waals surface area contributed by atoms with Crippen molar-refractivity contribution >= 4 is 0 Å². The number of hydrogen-bond donors (Lipinski definition) is 1. The molecular formula is C8H18N2. The molecule has 2 nitrogen and oxygen atoms in total. The van der Waals surface area contributed by atoms with Crippen LogP contribution in [-0.2, 0) is 0 Å². The topological polar surface area (TPSA) is 15.3 Å². The molecule has 0 aliphatic carbocycles. The minimum Gasteiger partial charge on any atom is -0.255 e. The lowest BCUT2D eigenvalue weighted by Crippen LogP contribution is -2.37. The van der Waals surface area contributed by atoms with Gasteiger partial charge in [0.2, 0.25) is 0 Å². The fraction of sp³-hybridized carbons (Fsp3) is 1.00. The molecule has 1 aliphatic rings. The van der Waals surface area contributed by atoms with Gasteiger partial charge >= 0.3 is 0 Å². The highest BCUT2D eigenvalue weighted by atomic mass is 15.5. The van der Waals surface area contributed by atoms with Crippen LogP contribution in [0.4, 0.5) is 0 Å². The molecule has 0 saturated carbocycles. The van der Waals surface area contributed by atoms with E-state index in [1.54, 1.807) is 0 Å². The lowest BCUT2D eigenvalue weighted by atomic mass is 9.97. The van der Waals surface area contributed by atoms with Crippen molar-refractivity contribution in [2.45, 2.75) is 27.2 Å². The summed E-state index contributed by atoms with van der Waals surface area (Å²) in [7, 11) is 0. The summed E-state index contributed by atoms with van der Waals surface area (Å²) in [5, 5.41) is 2.32. The predicted molar refractivity (Wildman–Crippen MR) is 43.6 cm³/mol. The number of rotatable bonds is 1. The number of nitrogens with zero attached hydrogens (tertiary/aromatic N) is 1. The zero-order valence-electron chi connectivity index (χ0n) is 7.28. The Morgan fingerprint density at radius 3 is 2.50 bits per heavy atom. The molecule has 0 amide bonds. The van der Waals surface area contributed by atoms with Crippen molar-refractivity contribution in [1.82, 2.24) is 10.4 Å². The Morgan fingerprint density at radius 1 is 1.40 bits per heavy atom. The van der Waals surface area contributed by atoms with E-state index in [1.165, 1.54) is 13.0 Å². The number of nitrogens with one attached hydrogen (secondary N) is 1. The minimum atomic E-state index is 0.428. The van der Waals surface area contributed by atoms with Gasteiger partial charge in [-0.3, -0.25) is 5.43 Å². The van der Waals surface area contributed by atoms with Crippen LogP contribution in [0.3, 0.4) is 0 Å². The molecule has 0 aromatic carbocycles. The fourth-order valence-electron chi connectivity index (χ4n) is 1.29. The van der Waals surface area contributed by atoms with E-state index in [-0.39, 0.29) is 0 Å². The summed E-state index contributed by atoms with van der Waals surface area (Å²) in [6, 6.07) is 0. The molecular weight excluding hydrogens is 124 g/mol. The van der Waals surface area contributed by atoms with Crippen LogP contribution in [0.1, 0.15) is 27.2 Å². The first-order chi connectivity index (χ1) is 4.58. The Balaban J connectivity index is 2.24. The summed E-state index contributed by atoms with van der Waals surface area (Å²) in [5.41, 5.74) is 3.77. The first-order valence-corrected chi connectivity index (χ1v) is 4.06. The molecule has 0 radical (unpaired) electrons. The van der Waals surface area contributed by atoms with Gasteiger partial charge in [0.05, 0.1) is 0 Å². The molecule has 1 heterocycles. The standard InChI is InChI=1S/C8H18N2/c1-8(2,3)7-10-6-4-5-9-10/h9H,4-7H2,1-3H3. The van der Waals surface area contributed by atoms with E-state index in [4.69, 9.17) is 0 Å². The van der Waals surface area contributed by atoms with Crippen LogP contribution in [-0.4, -0.2) is 24.6 Å². The van der Waals surface area contributed by atoms with Crippen LogP contribution in [0.25, 0.3) is 0 Å². The lowest BCUT2D eigenvalue weighted by molar-refractivity contribution is 0.174. The van der Waals surface area contributed by atoms with Crippen molar-refractivity contribution in [2.24, 2.45) is 5.41 Å². The smallest absolute Gasteiger partial charge is 0.0179 e. The molecule has 1 saturated heterocycles. The van der Waals surface area contributed by atoms with Gasteiger partial charge in [0, 0.05) is 19.6 Å². The van der Waals surface area contributed by atoms with Crippen LogP contribution in [0.5, 0.6) is 0 Å². The Hall–Kier alpha value is -0.0800. The molecule has 0 spiro atoms. The van der Waals surface area contributed by atoms with Crippen LogP contribution in [0.15, 0.2) is 0 Å². The van der Waals surface area contributed by atoms with Gasteiger partial charge in [-0.1, -0.05) is 20.8 Å². The van der Waals surface area contributed by atoms with E-state index < -0.39 is 0 Å². The number of hydrazine groups is 1. The lowest BCUT2D eigenvalue weighted by Gasteiger charge is -2.25. The van der Waals surface area contributed by atoms with Gasteiger partial charge in [-0.05, 0) is 11.8 Å². The first-order valence-electron chi connectivity index (χ1n) is 4.06. The molecule has 0 aromatic rings. The van der Waals surface area contributed by atoms with Gasteiger partial charge < -0.3 is 0 Å². The Kier molecular flexibility index (Phi) is 2.32. The second kappa shape index (κ2) is 2.89. The van der Waals surface area contributed by atoms with Crippen molar-refractivity contribution in [3.63, 3.8) is 0 Å². The average Bonchev–Trinajstić information content (AvgIpc) is 2.12. The minimum absolute atomic E-state index is 0.428. The van der Waals surface area contributed by atoms with Crippen LogP contribution >= 0.6 is 0 Å². The summed E-state index contributed by atoms with van der Waals surface area (Å²) in [6.45, 7) is 10.4. The highest BCUT2D eigenvalue weighted by molar-refractivity contribution is 4.69. The largest absolute Gasteiger partial charge is 0.255 e. The van der Waals surface area contributed by atoms with Gasteiger partial charge in [-0.25, -0.2) is 5.01 Å². The van der Waals surface area contributed by atoms with Crippen LogP contribution in [0.2, 0.25) is 0 Å². The maximum Gasteiger partial charge on any atom is 0.0179 e. The molecule has 60 valence electrons. The zero-order valence-corrected chi connectivity index (χ0v) is 7.28. The third kappa shape index (κ3) is 2.67. The summed E-state index contributed by atoms with van der Waals surface area (Å²) < 4.78 is 0. The molecule has 1 fully saturated rings. The third-order valence-electron chi connectivity index (χ3n) is 1.61. The Bertz CT molecular complexity index is 98.3. The van der Waals surface area contributed by atoms with Crippen molar-refractivity contribution in [3.05, 3.63) is 0 Å². The molecule has 2 heteroatoms. The van der Waals surface area contributed by atoms with Gasteiger partial charge in [-0.2, -0.15) is 0 Å². The number of hydrogen-bond acceptors (Lipinski definition) is 2. The summed E-state index contributed by atoms with van der Waals surface area (Å²) >= 11 is 0. The van der Waals surface area contributed by atoms with Gasteiger partial charge in [0.25, 0.3) is 0 Å². The summed E-state index contributed by atoms with van der Waals surface area (Å²) in [4.78, 5) is 0.